The summed E-state index contributed by atoms with van der Waals surface area (Å²) in [5, 5.41) is 5.96. The predicted molar refractivity (Wildman–Crippen MR) is 269 cm³/mol. The maximum Gasteiger partial charge on any atom is 0.416 e. The van der Waals surface area contributed by atoms with Crippen molar-refractivity contribution >= 4 is 23.9 Å². The van der Waals surface area contributed by atoms with E-state index in [9.17, 15) is 80.6 Å². The summed E-state index contributed by atoms with van der Waals surface area (Å²) in [6.07, 6.45) is -18.7. The van der Waals surface area contributed by atoms with Gasteiger partial charge in [0.15, 0.2) is 0 Å². The molecule has 0 unspecified atom stereocenters. The molecule has 0 bridgehead atoms. The number of hydrogen-bond donors (Lipinski definition) is 2. The monoisotopic (exact) mass is 1150 g/mol. The smallest absolute Gasteiger partial charge is 0.353 e. The van der Waals surface area contributed by atoms with Gasteiger partial charge in [-0.15, -0.1) is 0 Å². The van der Waals surface area contributed by atoms with E-state index in [0.717, 1.165) is 9.80 Å². The molecule has 2 saturated heterocycles. The molecule has 0 spiro atoms. The van der Waals surface area contributed by atoms with Crippen LogP contribution in [0.2, 0.25) is 0 Å². The number of piperidine rings is 2. The maximum absolute atomic E-state index is 13.8. The highest BCUT2D eigenvalue weighted by molar-refractivity contribution is 5.82. The van der Waals surface area contributed by atoms with Crippen molar-refractivity contribution in [1.29, 1.82) is 0 Å². The molecule has 2 aliphatic heterocycles. The third kappa shape index (κ3) is 16.7. The number of alkyl halides is 12. The number of rotatable bonds is 8. The van der Waals surface area contributed by atoms with E-state index in [1.165, 1.54) is 60.3 Å². The van der Waals surface area contributed by atoms with Crippen LogP contribution in [-0.2, 0) is 47.4 Å². The first kappa shape index (κ1) is 64.2. The minimum atomic E-state index is -5.01. The summed E-state index contributed by atoms with van der Waals surface area (Å²) in [7, 11) is 2.58. The highest BCUT2D eigenvalue weighted by Crippen LogP contribution is 2.41. The summed E-state index contributed by atoms with van der Waals surface area (Å²) < 4.78 is 187. The first-order valence-corrected chi connectivity index (χ1v) is 25.3. The van der Waals surface area contributed by atoms with Crippen molar-refractivity contribution in [3.63, 3.8) is 0 Å². The molecule has 0 radical (unpaired) electrons. The van der Waals surface area contributed by atoms with Crippen LogP contribution in [0.5, 0.6) is 0 Å². The molecule has 24 heteroatoms. The van der Waals surface area contributed by atoms with Crippen LogP contribution in [-0.4, -0.2) is 82.7 Å². The Morgan fingerprint density at radius 1 is 0.487 bits per heavy atom. The Morgan fingerprint density at radius 3 is 1.02 bits per heavy atom. The summed E-state index contributed by atoms with van der Waals surface area (Å²) in [6.45, 7) is 13.2. The quantitative estimate of drug-likeness (QED) is 0.171. The standard InChI is InChI=1S/2C28H32F7N3O2/c2*1-16-10-20(29)6-7-22(16)23-14-21(36-24(39)26(2,3)4)8-9-38(23)25(40)37(5)15-17-11-18(27(30,31)32)13-19(12-17)28(33,34)35/h2*6-7,10-13,21,23H,8-9,14-15H2,1-5H3,(H,36,39)/t2*21-,23-/m10/s1. The Labute approximate surface area is 454 Å². The summed E-state index contributed by atoms with van der Waals surface area (Å²) in [6, 6.07) is 7.49. The van der Waals surface area contributed by atoms with E-state index in [1.807, 2.05) is 0 Å². The molecule has 4 aromatic rings. The summed E-state index contributed by atoms with van der Waals surface area (Å²) in [4.78, 5) is 57.3. The number of carbonyl (C=O) groups is 4. The van der Waals surface area contributed by atoms with Crippen LogP contribution in [0.1, 0.15) is 135 Å². The highest BCUT2D eigenvalue weighted by Gasteiger charge is 2.42. The van der Waals surface area contributed by atoms with E-state index in [-0.39, 0.29) is 73.1 Å². The van der Waals surface area contributed by atoms with Crippen molar-refractivity contribution in [1.82, 2.24) is 30.2 Å². The third-order valence-corrected chi connectivity index (χ3v) is 13.7. The number of urea groups is 2. The van der Waals surface area contributed by atoms with Gasteiger partial charge in [-0.1, -0.05) is 53.7 Å². The SMILES string of the molecule is Cc1cc(F)ccc1[C@@H]1C[C@@H](NC(=O)C(C)(C)C)CCN1C(=O)N(C)Cc1cc(C(F)(F)F)cc(C(F)(F)F)c1.Cc1cc(F)ccc1[C@H]1C[C@H](NC(=O)C(C)(C)C)CCN1C(=O)N(C)Cc1cc(C(F)(F)F)cc(C(F)(F)F)c1. The van der Waals surface area contributed by atoms with Crippen LogP contribution in [0, 0.1) is 36.3 Å². The number of nitrogens with zero attached hydrogens (tertiary/aromatic N) is 4. The zero-order valence-electron chi connectivity index (χ0n) is 45.6. The topological polar surface area (TPSA) is 105 Å². The Bertz CT molecular complexity index is 2630. The fourth-order valence-electron chi connectivity index (χ4n) is 9.41. The molecule has 440 valence electrons. The lowest BCUT2D eigenvalue weighted by molar-refractivity contribution is -0.144. The van der Waals surface area contributed by atoms with Crippen LogP contribution < -0.4 is 10.6 Å². The van der Waals surface area contributed by atoms with Crippen LogP contribution >= 0.6 is 0 Å². The predicted octanol–water partition coefficient (Wildman–Crippen LogP) is 14.2. The maximum atomic E-state index is 13.8. The molecule has 2 fully saturated rings. The zero-order chi connectivity index (χ0) is 60.4. The van der Waals surface area contributed by atoms with Gasteiger partial charge in [0.1, 0.15) is 11.6 Å². The number of likely N-dealkylation sites (tertiary alicyclic amines) is 2. The van der Waals surface area contributed by atoms with Crippen LogP contribution in [0.4, 0.5) is 71.1 Å². The normalized spacial score (nSPS) is 18.4. The molecule has 2 heterocycles. The van der Waals surface area contributed by atoms with Crippen LogP contribution in [0.15, 0.2) is 72.8 Å². The Hall–Kier alpha value is -6.62. The van der Waals surface area contributed by atoms with Gasteiger partial charge in [0.2, 0.25) is 11.8 Å². The number of hydrogen-bond acceptors (Lipinski definition) is 4. The van der Waals surface area contributed by atoms with Gasteiger partial charge in [-0.05, 0) is 134 Å². The second kappa shape index (κ2) is 24.2. The minimum Gasteiger partial charge on any atom is -0.353 e. The van der Waals surface area contributed by atoms with E-state index in [4.69, 9.17) is 0 Å². The molecule has 0 aliphatic carbocycles. The lowest BCUT2D eigenvalue weighted by atomic mass is 9.88. The number of benzene rings is 4. The van der Waals surface area contributed by atoms with Crippen molar-refractivity contribution in [2.75, 3.05) is 27.2 Å². The van der Waals surface area contributed by atoms with Crippen LogP contribution in [0.3, 0.4) is 0 Å². The number of carbonyl (C=O) groups excluding carboxylic acids is 4. The molecule has 0 aromatic heterocycles. The van der Waals surface area contributed by atoms with Crippen molar-refractivity contribution in [3.8, 4) is 0 Å². The van der Waals surface area contributed by atoms with Crippen molar-refractivity contribution in [2.45, 2.75) is 143 Å². The molecule has 2 N–H and O–H groups in total. The third-order valence-electron chi connectivity index (χ3n) is 13.7. The molecule has 2 aliphatic rings. The number of halogens is 14. The van der Waals surface area contributed by atoms with Gasteiger partial charge in [0, 0.05) is 63.2 Å². The molecule has 6 amide bonds. The number of aryl methyl sites for hydroxylation is 2. The first-order chi connectivity index (χ1) is 36.5. The Morgan fingerprint density at radius 2 is 0.775 bits per heavy atom. The lowest BCUT2D eigenvalue weighted by Gasteiger charge is -2.42. The van der Waals surface area contributed by atoms with E-state index in [1.54, 1.807) is 55.4 Å². The van der Waals surface area contributed by atoms with Gasteiger partial charge >= 0.3 is 36.8 Å². The molecule has 6 rings (SSSR count). The molecular formula is C56H64F14N6O4. The van der Waals surface area contributed by atoms with Gasteiger partial charge < -0.3 is 30.2 Å². The van der Waals surface area contributed by atoms with Gasteiger partial charge in [-0.2, -0.15) is 52.7 Å². The number of nitrogens with one attached hydrogen (secondary N) is 2. The molecule has 80 heavy (non-hydrogen) atoms. The zero-order valence-corrected chi connectivity index (χ0v) is 45.6. The van der Waals surface area contributed by atoms with Crippen LogP contribution in [0.25, 0.3) is 0 Å². The fraction of sp³-hybridized carbons (Fsp3) is 0.500. The summed E-state index contributed by atoms with van der Waals surface area (Å²) >= 11 is 0. The molecule has 0 saturated carbocycles. The average molecular weight is 1150 g/mol. The van der Waals surface area contributed by atoms with E-state index >= 15 is 0 Å². The summed E-state index contributed by atoms with van der Waals surface area (Å²) in [5.74, 6) is -1.33. The number of amides is 6. The second-order valence-electron chi connectivity index (χ2n) is 22.4. The van der Waals surface area contributed by atoms with Gasteiger partial charge in [0.05, 0.1) is 34.3 Å². The fourth-order valence-corrected chi connectivity index (χ4v) is 9.41. The average Bonchev–Trinajstić information content (AvgIpc) is 3.32. The second-order valence-corrected chi connectivity index (χ2v) is 22.4. The van der Waals surface area contributed by atoms with Gasteiger partial charge in [-0.25, -0.2) is 18.4 Å². The Balaban J connectivity index is 0.000000294. The largest absolute Gasteiger partial charge is 0.416 e. The van der Waals surface area contributed by atoms with Crippen molar-refractivity contribution in [2.24, 2.45) is 10.8 Å². The molecular weight excluding hydrogens is 1090 g/mol. The Kier molecular flexibility index (Phi) is 19.4. The first-order valence-electron chi connectivity index (χ1n) is 25.3. The van der Waals surface area contributed by atoms with E-state index in [0.29, 0.717) is 59.4 Å². The molecule has 10 nitrogen and oxygen atoms in total. The minimum absolute atomic E-state index is 0.0370. The molecule has 4 aromatic carbocycles. The lowest BCUT2D eigenvalue weighted by Crippen LogP contribution is -2.52. The van der Waals surface area contributed by atoms with Crippen molar-refractivity contribution in [3.05, 3.63) is 140 Å². The summed E-state index contributed by atoms with van der Waals surface area (Å²) in [5.41, 5.74) is -5.48. The highest BCUT2D eigenvalue weighted by atomic mass is 19.4. The van der Waals surface area contributed by atoms with Gasteiger partial charge in [0.25, 0.3) is 0 Å². The van der Waals surface area contributed by atoms with E-state index in [2.05, 4.69) is 10.6 Å². The van der Waals surface area contributed by atoms with Gasteiger partial charge in [-0.3, -0.25) is 9.59 Å². The molecule has 4 atom stereocenters. The van der Waals surface area contributed by atoms with E-state index < -0.39 is 107 Å². The van der Waals surface area contributed by atoms with Crippen molar-refractivity contribution < 1.29 is 80.6 Å².